The molecule has 0 aliphatic carbocycles. The lowest BCUT2D eigenvalue weighted by molar-refractivity contribution is 0.274. The fourth-order valence-corrected chi connectivity index (χ4v) is 1.98. The molecule has 2 N–H and O–H groups in total. The first kappa shape index (κ1) is 14.0. The van der Waals surface area contributed by atoms with Gasteiger partial charge in [-0.3, -0.25) is 0 Å². The van der Waals surface area contributed by atoms with E-state index in [1.165, 1.54) is 0 Å². The van der Waals surface area contributed by atoms with E-state index in [1.54, 1.807) is 4.68 Å². The number of aryl methyl sites for hydroxylation is 2. The molecule has 5 heteroatoms. The van der Waals surface area contributed by atoms with Crippen molar-refractivity contribution in [2.75, 3.05) is 6.61 Å². The summed E-state index contributed by atoms with van der Waals surface area (Å²) in [7, 11) is 1.84. The zero-order chi connectivity index (χ0) is 13.0. The molecule has 17 heavy (non-hydrogen) atoms. The third-order valence-electron chi connectivity index (χ3n) is 2.58. The third-order valence-corrected chi connectivity index (χ3v) is 2.78. The predicted molar refractivity (Wildman–Crippen MR) is 73.4 cm³/mol. The van der Waals surface area contributed by atoms with Gasteiger partial charge in [-0.15, -0.1) is 0 Å². The van der Waals surface area contributed by atoms with Gasteiger partial charge >= 0.3 is 0 Å². The Balaban J connectivity index is 2.67. The van der Waals surface area contributed by atoms with Gasteiger partial charge in [0.1, 0.15) is 4.99 Å². The monoisotopic (exact) mass is 255 g/mol. The minimum absolute atomic E-state index is 0.342. The molecule has 0 unspecified atom stereocenters. The molecule has 0 spiro atoms. The van der Waals surface area contributed by atoms with Gasteiger partial charge in [0.15, 0.2) is 0 Å². The molecule has 4 nitrogen and oxygen atoms in total. The Labute approximate surface area is 108 Å². The molecule has 0 radical (unpaired) electrons. The predicted octanol–water partition coefficient (Wildman–Crippen LogP) is 2.18. The molecule has 0 bridgehead atoms. The number of hydrogen-bond acceptors (Lipinski definition) is 3. The number of aromatic nitrogens is 2. The van der Waals surface area contributed by atoms with Crippen LogP contribution in [0, 0.1) is 12.8 Å². The van der Waals surface area contributed by atoms with Crippen LogP contribution in [0.4, 0.5) is 0 Å². The first-order chi connectivity index (χ1) is 7.93. The summed E-state index contributed by atoms with van der Waals surface area (Å²) >= 11 is 5.02. The standard InChI is InChI=1S/C12H21N3OS/c1-8(2)6-5-7-16-12-10(11(13)17)9(3)14-15(12)4/h8H,5-7H2,1-4H3,(H2,13,17). The molecule has 0 saturated carbocycles. The van der Waals surface area contributed by atoms with Crippen molar-refractivity contribution in [3.05, 3.63) is 11.3 Å². The zero-order valence-electron chi connectivity index (χ0n) is 11.0. The zero-order valence-corrected chi connectivity index (χ0v) is 11.8. The molecule has 0 atom stereocenters. The van der Waals surface area contributed by atoms with Crippen LogP contribution < -0.4 is 10.5 Å². The molecule has 0 aromatic carbocycles. The maximum Gasteiger partial charge on any atom is 0.222 e. The summed E-state index contributed by atoms with van der Waals surface area (Å²) in [5, 5.41) is 4.27. The summed E-state index contributed by atoms with van der Waals surface area (Å²) in [6, 6.07) is 0. The number of rotatable bonds is 6. The van der Waals surface area contributed by atoms with Gasteiger partial charge in [-0.25, -0.2) is 4.68 Å². The van der Waals surface area contributed by atoms with Crippen molar-refractivity contribution in [3.8, 4) is 5.88 Å². The van der Waals surface area contributed by atoms with Crippen LogP contribution in [-0.2, 0) is 7.05 Å². The fourth-order valence-electron chi connectivity index (χ4n) is 1.75. The van der Waals surface area contributed by atoms with Crippen molar-refractivity contribution in [1.29, 1.82) is 0 Å². The van der Waals surface area contributed by atoms with E-state index in [1.807, 2.05) is 14.0 Å². The van der Waals surface area contributed by atoms with Crippen molar-refractivity contribution in [2.24, 2.45) is 18.7 Å². The summed E-state index contributed by atoms with van der Waals surface area (Å²) < 4.78 is 7.43. The van der Waals surface area contributed by atoms with Gasteiger partial charge in [-0.05, 0) is 25.7 Å². The van der Waals surface area contributed by atoms with E-state index in [0.717, 1.165) is 24.1 Å². The second kappa shape index (κ2) is 6.00. The van der Waals surface area contributed by atoms with E-state index in [4.69, 9.17) is 22.7 Å². The van der Waals surface area contributed by atoms with Crippen LogP contribution >= 0.6 is 12.2 Å². The van der Waals surface area contributed by atoms with Crippen LogP contribution in [0.3, 0.4) is 0 Å². The van der Waals surface area contributed by atoms with Gasteiger partial charge in [0, 0.05) is 7.05 Å². The second-order valence-electron chi connectivity index (χ2n) is 4.64. The second-order valence-corrected chi connectivity index (χ2v) is 5.08. The molecule has 0 aliphatic heterocycles. The SMILES string of the molecule is Cc1nn(C)c(OCCCC(C)C)c1C(N)=S. The van der Waals surface area contributed by atoms with Crippen LogP contribution in [0.2, 0.25) is 0 Å². The third kappa shape index (κ3) is 3.70. The van der Waals surface area contributed by atoms with E-state index in [2.05, 4.69) is 18.9 Å². The van der Waals surface area contributed by atoms with Crippen molar-refractivity contribution in [1.82, 2.24) is 9.78 Å². The molecule has 1 heterocycles. The Bertz CT molecular complexity index is 399. The van der Waals surface area contributed by atoms with Crippen LogP contribution in [-0.4, -0.2) is 21.4 Å². The fraction of sp³-hybridized carbons (Fsp3) is 0.667. The molecular formula is C12H21N3OS. The smallest absolute Gasteiger partial charge is 0.222 e. The normalized spacial score (nSPS) is 10.9. The van der Waals surface area contributed by atoms with Crippen LogP contribution in [0.1, 0.15) is 37.9 Å². The summed E-state index contributed by atoms with van der Waals surface area (Å²) in [5.41, 5.74) is 7.25. The Morgan fingerprint density at radius 1 is 1.53 bits per heavy atom. The molecule has 0 saturated heterocycles. The van der Waals surface area contributed by atoms with Gasteiger partial charge in [0.25, 0.3) is 0 Å². The van der Waals surface area contributed by atoms with Gasteiger partial charge in [-0.2, -0.15) is 5.10 Å². The van der Waals surface area contributed by atoms with E-state index < -0.39 is 0 Å². The summed E-state index contributed by atoms with van der Waals surface area (Å²) in [5.74, 6) is 1.38. The van der Waals surface area contributed by atoms with E-state index in [0.29, 0.717) is 23.4 Å². The molecule has 1 aromatic rings. The van der Waals surface area contributed by atoms with E-state index >= 15 is 0 Å². The average molecular weight is 255 g/mol. The summed E-state index contributed by atoms with van der Waals surface area (Å²) in [4.78, 5) is 0.342. The first-order valence-corrected chi connectivity index (χ1v) is 6.30. The minimum Gasteiger partial charge on any atom is -0.477 e. The largest absolute Gasteiger partial charge is 0.477 e. The lowest BCUT2D eigenvalue weighted by Gasteiger charge is -2.09. The van der Waals surface area contributed by atoms with Crippen LogP contribution in [0.25, 0.3) is 0 Å². The van der Waals surface area contributed by atoms with Crippen LogP contribution in [0.5, 0.6) is 5.88 Å². The van der Waals surface area contributed by atoms with Crippen molar-refractivity contribution >= 4 is 17.2 Å². The van der Waals surface area contributed by atoms with Gasteiger partial charge in [0.05, 0.1) is 17.9 Å². The number of ether oxygens (including phenoxy) is 1. The first-order valence-electron chi connectivity index (χ1n) is 5.89. The van der Waals surface area contributed by atoms with E-state index in [-0.39, 0.29) is 0 Å². The highest BCUT2D eigenvalue weighted by Gasteiger charge is 2.16. The van der Waals surface area contributed by atoms with Gasteiger partial charge in [0.2, 0.25) is 5.88 Å². The highest BCUT2D eigenvalue weighted by molar-refractivity contribution is 7.80. The Hall–Kier alpha value is -1.10. The van der Waals surface area contributed by atoms with Gasteiger partial charge < -0.3 is 10.5 Å². The van der Waals surface area contributed by atoms with Crippen molar-refractivity contribution in [2.45, 2.75) is 33.6 Å². The maximum absolute atomic E-state index is 5.73. The Morgan fingerprint density at radius 3 is 2.71 bits per heavy atom. The minimum atomic E-state index is 0.342. The molecule has 0 aliphatic rings. The average Bonchev–Trinajstić information content (AvgIpc) is 2.48. The topological polar surface area (TPSA) is 53.1 Å². The molecule has 96 valence electrons. The number of hydrogen-bond donors (Lipinski definition) is 1. The molecule has 0 amide bonds. The van der Waals surface area contributed by atoms with Crippen molar-refractivity contribution in [3.63, 3.8) is 0 Å². The lowest BCUT2D eigenvalue weighted by atomic mass is 10.1. The lowest BCUT2D eigenvalue weighted by Crippen LogP contribution is -2.13. The highest BCUT2D eigenvalue weighted by atomic mass is 32.1. The van der Waals surface area contributed by atoms with Crippen LogP contribution in [0.15, 0.2) is 0 Å². The quantitative estimate of drug-likeness (QED) is 0.625. The number of nitrogens with two attached hydrogens (primary N) is 1. The molecular weight excluding hydrogens is 234 g/mol. The summed E-state index contributed by atoms with van der Waals surface area (Å²) in [6.45, 7) is 6.96. The van der Waals surface area contributed by atoms with Crippen molar-refractivity contribution < 1.29 is 4.74 Å². The summed E-state index contributed by atoms with van der Waals surface area (Å²) in [6.07, 6.45) is 2.18. The maximum atomic E-state index is 5.73. The Kier molecular flexibility index (Phi) is 4.93. The number of nitrogens with zero attached hydrogens (tertiary/aromatic N) is 2. The van der Waals surface area contributed by atoms with Gasteiger partial charge in [-0.1, -0.05) is 26.1 Å². The number of thiocarbonyl (C=S) groups is 1. The molecule has 1 aromatic heterocycles. The van der Waals surface area contributed by atoms with E-state index in [9.17, 15) is 0 Å². The Morgan fingerprint density at radius 2 is 2.18 bits per heavy atom. The highest BCUT2D eigenvalue weighted by Crippen LogP contribution is 2.21. The molecule has 1 rings (SSSR count). The molecule has 0 fully saturated rings.